The fourth-order valence-corrected chi connectivity index (χ4v) is 2.02. The molecule has 6 heteroatoms. The lowest BCUT2D eigenvalue weighted by atomic mass is 10.1. The van der Waals surface area contributed by atoms with E-state index in [0.717, 1.165) is 6.42 Å². The van der Waals surface area contributed by atoms with E-state index in [0.29, 0.717) is 11.1 Å². The van der Waals surface area contributed by atoms with E-state index >= 15 is 0 Å². The summed E-state index contributed by atoms with van der Waals surface area (Å²) in [5, 5.41) is 5.43. The fraction of sp³-hybridized carbons (Fsp3) is 0.278. The van der Waals surface area contributed by atoms with E-state index in [1.807, 2.05) is 13.8 Å². The summed E-state index contributed by atoms with van der Waals surface area (Å²) in [5.41, 5.74) is 0.874. The molecular weight excluding hydrogens is 309 g/mol. The van der Waals surface area contributed by atoms with Gasteiger partial charge in [0.1, 0.15) is 11.5 Å². The minimum absolute atomic E-state index is 0.0258. The second-order valence-corrected chi connectivity index (χ2v) is 5.49. The number of pyridine rings is 1. The number of benzene rings is 1. The standard InChI is InChI=1S/C18H20FN3O2/c1-3-12(2)22-18(24)16-10-13(8-9-20-16)17(23)21-11-14-6-4-5-7-15(14)19/h4-10,12H,3,11H2,1-2H3,(H,21,23)(H,22,24). The molecule has 2 rings (SSSR count). The van der Waals surface area contributed by atoms with Crippen LogP contribution in [-0.2, 0) is 6.54 Å². The quantitative estimate of drug-likeness (QED) is 0.856. The van der Waals surface area contributed by atoms with Crippen LogP contribution in [-0.4, -0.2) is 22.8 Å². The first-order valence-corrected chi connectivity index (χ1v) is 7.79. The van der Waals surface area contributed by atoms with Gasteiger partial charge in [-0.05, 0) is 31.5 Å². The van der Waals surface area contributed by atoms with Gasteiger partial charge in [-0.3, -0.25) is 14.6 Å². The molecule has 24 heavy (non-hydrogen) atoms. The van der Waals surface area contributed by atoms with Crippen molar-refractivity contribution in [1.82, 2.24) is 15.6 Å². The van der Waals surface area contributed by atoms with Crippen molar-refractivity contribution in [2.75, 3.05) is 0 Å². The monoisotopic (exact) mass is 329 g/mol. The summed E-state index contributed by atoms with van der Waals surface area (Å²) in [4.78, 5) is 28.2. The first-order chi connectivity index (χ1) is 11.5. The summed E-state index contributed by atoms with van der Waals surface area (Å²) in [6, 6.07) is 9.20. The van der Waals surface area contributed by atoms with E-state index < -0.39 is 5.91 Å². The van der Waals surface area contributed by atoms with E-state index in [4.69, 9.17) is 0 Å². The smallest absolute Gasteiger partial charge is 0.270 e. The molecule has 1 aromatic carbocycles. The molecular formula is C18H20FN3O2. The summed E-state index contributed by atoms with van der Waals surface area (Å²) >= 11 is 0. The lowest BCUT2D eigenvalue weighted by Gasteiger charge is -2.11. The number of carbonyl (C=O) groups is 2. The SMILES string of the molecule is CCC(C)NC(=O)c1cc(C(=O)NCc2ccccc2F)ccn1. The molecule has 2 N–H and O–H groups in total. The summed E-state index contributed by atoms with van der Waals surface area (Å²) < 4.78 is 13.6. The number of amides is 2. The Hall–Kier alpha value is -2.76. The van der Waals surface area contributed by atoms with E-state index in [2.05, 4.69) is 15.6 Å². The van der Waals surface area contributed by atoms with E-state index in [1.54, 1.807) is 18.2 Å². The average molecular weight is 329 g/mol. The highest BCUT2D eigenvalue weighted by molar-refractivity contribution is 5.98. The zero-order chi connectivity index (χ0) is 17.5. The van der Waals surface area contributed by atoms with Gasteiger partial charge in [-0.25, -0.2) is 4.39 Å². The predicted octanol–water partition coefficient (Wildman–Crippen LogP) is 2.68. The second-order valence-electron chi connectivity index (χ2n) is 5.49. The number of hydrogen-bond donors (Lipinski definition) is 2. The predicted molar refractivity (Wildman–Crippen MR) is 89.0 cm³/mol. The molecule has 1 aromatic heterocycles. The zero-order valence-electron chi connectivity index (χ0n) is 13.7. The van der Waals surface area contributed by atoms with Crippen molar-refractivity contribution in [3.63, 3.8) is 0 Å². The van der Waals surface area contributed by atoms with Crippen molar-refractivity contribution in [3.8, 4) is 0 Å². The molecule has 1 atom stereocenters. The number of aromatic nitrogens is 1. The molecule has 0 aliphatic carbocycles. The Kier molecular flexibility index (Phi) is 6.01. The van der Waals surface area contributed by atoms with Gasteiger partial charge >= 0.3 is 0 Å². The molecule has 0 fully saturated rings. The van der Waals surface area contributed by atoms with Crippen LogP contribution >= 0.6 is 0 Å². The summed E-state index contributed by atoms with van der Waals surface area (Å²) in [6.45, 7) is 3.93. The zero-order valence-corrected chi connectivity index (χ0v) is 13.7. The molecule has 2 amide bonds. The van der Waals surface area contributed by atoms with Crippen molar-refractivity contribution in [2.24, 2.45) is 0 Å². The maximum Gasteiger partial charge on any atom is 0.270 e. The Balaban J connectivity index is 2.03. The second kappa shape index (κ2) is 8.19. The number of hydrogen-bond acceptors (Lipinski definition) is 3. The van der Waals surface area contributed by atoms with Crippen molar-refractivity contribution < 1.29 is 14.0 Å². The fourth-order valence-electron chi connectivity index (χ4n) is 2.02. The third-order valence-corrected chi connectivity index (χ3v) is 3.64. The van der Waals surface area contributed by atoms with Crippen molar-refractivity contribution in [1.29, 1.82) is 0 Å². The van der Waals surface area contributed by atoms with Crippen LogP contribution in [0.15, 0.2) is 42.6 Å². The Morgan fingerprint density at radius 3 is 2.67 bits per heavy atom. The van der Waals surface area contributed by atoms with Crippen LogP contribution in [0.3, 0.4) is 0 Å². The molecule has 1 heterocycles. The molecule has 1 unspecified atom stereocenters. The number of nitrogens with one attached hydrogen (secondary N) is 2. The molecule has 0 aliphatic rings. The molecule has 2 aromatic rings. The van der Waals surface area contributed by atoms with Crippen LogP contribution in [0, 0.1) is 5.82 Å². The average Bonchev–Trinajstić information content (AvgIpc) is 2.60. The van der Waals surface area contributed by atoms with Crippen LogP contribution in [0.1, 0.15) is 46.7 Å². The van der Waals surface area contributed by atoms with Crippen LogP contribution in [0.2, 0.25) is 0 Å². The number of nitrogens with zero attached hydrogens (tertiary/aromatic N) is 1. The number of rotatable bonds is 6. The topological polar surface area (TPSA) is 71.1 Å². The van der Waals surface area contributed by atoms with Gasteiger partial charge in [0.25, 0.3) is 11.8 Å². The van der Waals surface area contributed by atoms with Crippen LogP contribution in [0.25, 0.3) is 0 Å². The Morgan fingerprint density at radius 1 is 1.21 bits per heavy atom. The largest absolute Gasteiger partial charge is 0.348 e. The molecule has 0 radical (unpaired) electrons. The maximum absolute atomic E-state index is 13.6. The van der Waals surface area contributed by atoms with Crippen LogP contribution in [0.4, 0.5) is 4.39 Å². The molecule has 0 saturated carbocycles. The minimum atomic E-state index is -0.391. The lowest BCUT2D eigenvalue weighted by Crippen LogP contribution is -2.32. The van der Waals surface area contributed by atoms with Gasteiger partial charge < -0.3 is 10.6 Å². The van der Waals surface area contributed by atoms with Gasteiger partial charge in [0.2, 0.25) is 0 Å². The molecule has 5 nitrogen and oxygen atoms in total. The van der Waals surface area contributed by atoms with Gasteiger partial charge in [-0.15, -0.1) is 0 Å². The van der Waals surface area contributed by atoms with Crippen molar-refractivity contribution in [2.45, 2.75) is 32.9 Å². The Morgan fingerprint density at radius 2 is 1.96 bits per heavy atom. The summed E-state index contributed by atoms with van der Waals surface area (Å²) in [7, 11) is 0. The maximum atomic E-state index is 13.6. The van der Waals surface area contributed by atoms with E-state index in [9.17, 15) is 14.0 Å². The number of halogens is 1. The Labute approximate surface area is 140 Å². The third-order valence-electron chi connectivity index (χ3n) is 3.64. The van der Waals surface area contributed by atoms with E-state index in [1.165, 1.54) is 24.4 Å². The van der Waals surface area contributed by atoms with Gasteiger partial charge in [0, 0.05) is 29.9 Å². The molecule has 0 spiro atoms. The highest BCUT2D eigenvalue weighted by Crippen LogP contribution is 2.07. The highest BCUT2D eigenvalue weighted by atomic mass is 19.1. The summed E-state index contributed by atoms with van der Waals surface area (Å²) in [5.74, 6) is -1.09. The summed E-state index contributed by atoms with van der Waals surface area (Å²) in [6.07, 6.45) is 2.21. The number of carbonyl (C=O) groups excluding carboxylic acids is 2. The van der Waals surface area contributed by atoms with Gasteiger partial charge in [-0.1, -0.05) is 25.1 Å². The lowest BCUT2D eigenvalue weighted by molar-refractivity contribution is 0.0934. The highest BCUT2D eigenvalue weighted by Gasteiger charge is 2.13. The molecule has 0 aliphatic heterocycles. The molecule has 0 saturated heterocycles. The molecule has 0 bridgehead atoms. The molecule has 126 valence electrons. The van der Waals surface area contributed by atoms with Crippen LogP contribution < -0.4 is 10.6 Å². The van der Waals surface area contributed by atoms with Gasteiger partial charge in [-0.2, -0.15) is 0 Å². The van der Waals surface area contributed by atoms with Gasteiger partial charge in [0.15, 0.2) is 0 Å². The normalized spacial score (nSPS) is 11.6. The first-order valence-electron chi connectivity index (χ1n) is 7.79. The first kappa shape index (κ1) is 17.6. The Bertz CT molecular complexity index is 734. The van der Waals surface area contributed by atoms with Crippen molar-refractivity contribution in [3.05, 3.63) is 65.2 Å². The van der Waals surface area contributed by atoms with Gasteiger partial charge in [0.05, 0.1) is 0 Å². The van der Waals surface area contributed by atoms with Crippen molar-refractivity contribution >= 4 is 11.8 Å². The third kappa shape index (κ3) is 4.62. The van der Waals surface area contributed by atoms with E-state index in [-0.39, 0.29) is 30.0 Å². The van der Waals surface area contributed by atoms with Crippen LogP contribution in [0.5, 0.6) is 0 Å². The minimum Gasteiger partial charge on any atom is -0.348 e.